The van der Waals surface area contributed by atoms with E-state index in [0.717, 1.165) is 5.92 Å². The number of para-hydroxylation sites is 1. The summed E-state index contributed by atoms with van der Waals surface area (Å²) in [6.45, 7) is 2.29. The molecule has 1 unspecified atom stereocenters. The normalized spacial score (nSPS) is 18.6. The number of hydrogen-bond donors (Lipinski definition) is 0. The second-order valence-corrected chi connectivity index (χ2v) is 7.70. The number of fused-ring (bicyclic) bond motifs is 2. The van der Waals surface area contributed by atoms with Gasteiger partial charge in [0.1, 0.15) is 0 Å². The van der Waals surface area contributed by atoms with Crippen LogP contribution >= 0.6 is 0 Å². The van der Waals surface area contributed by atoms with Crippen molar-refractivity contribution in [3.8, 4) is 0 Å². The minimum absolute atomic E-state index is 0.779. The summed E-state index contributed by atoms with van der Waals surface area (Å²) in [5, 5.41) is 4.84. The largest absolute Gasteiger partial charge is 0.253 e. The Labute approximate surface area is 148 Å². The summed E-state index contributed by atoms with van der Waals surface area (Å²) in [5.74, 6) is 0.779. The molecule has 2 aliphatic rings. The molecular weight excluding hydrogens is 290 g/mol. The Bertz CT molecular complexity index is 543. The minimum Gasteiger partial charge on any atom is -0.253 e. The molecule has 1 nitrogen and oxygen atoms in total. The van der Waals surface area contributed by atoms with Crippen molar-refractivity contribution in [3.63, 3.8) is 0 Å². The smallest absolute Gasteiger partial charge is 0.0708 e. The molecule has 0 spiro atoms. The summed E-state index contributed by atoms with van der Waals surface area (Å²) in [6.07, 6.45) is 18.2. The Balaban J connectivity index is 1.30. The lowest BCUT2D eigenvalue weighted by molar-refractivity contribution is 0.509. The quantitative estimate of drug-likeness (QED) is 0.377. The van der Waals surface area contributed by atoms with Crippen molar-refractivity contribution >= 4 is 11.3 Å². The first kappa shape index (κ1) is 17.6. The van der Waals surface area contributed by atoms with Gasteiger partial charge in [0.15, 0.2) is 0 Å². The van der Waals surface area contributed by atoms with Gasteiger partial charge < -0.3 is 0 Å². The second-order valence-electron chi connectivity index (χ2n) is 7.70. The summed E-state index contributed by atoms with van der Waals surface area (Å²) in [5.41, 5.74) is 5.65. The molecule has 0 aromatic heterocycles. The Morgan fingerprint density at radius 3 is 2.29 bits per heavy atom. The van der Waals surface area contributed by atoms with E-state index < -0.39 is 0 Å². The van der Waals surface area contributed by atoms with Gasteiger partial charge in [-0.05, 0) is 36.8 Å². The number of allylic oxidation sites excluding steroid dienone is 2. The third kappa shape index (κ3) is 4.43. The summed E-state index contributed by atoms with van der Waals surface area (Å²) in [4.78, 5) is 0. The molecule has 0 amide bonds. The third-order valence-electron chi connectivity index (χ3n) is 5.80. The molecule has 24 heavy (non-hydrogen) atoms. The van der Waals surface area contributed by atoms with Crippen LogP contribution in [0.5, 0.6) is 0 Å². The predicted octanol–water partition coefficient (Wildman–Crippen LogP) is 7.37. The van der Waals surface area contributed by atoms with Crippen molar-refractivity contribution in [1.29, 1.82) is 0 Å². The SMILES string of the molecule is CCCCCCCCCCCCC1CCC2=C1c1ccccc1[N]2. The van der Waals surface area contributed by atoms with Crippen LogP contribution in [0.1, 0.15) is 96.0 Å². The first-order valence-corrected chi connectivity index (χ1v) is 10.4. The van der Waals surface area contributed by atoms with Gasteiger partial charge in [-0.1, -0.05) is 89.3 Å². The highest BCUT2D eigenvalue weighted by Crippen LogP contribution is 2.48. The molecule has 1 heteroatoms. The van der Waals surface area contributed by atoms with Crippen LogP contribution in [0.25, 0.3) is 5.57 Å². The maximum atomic E-state index is 4.84. The van der Waals surface area contributed by atoms with E-state index in [2.05, 4.69) is 31.2 Å². The molecule has 1 radical (unpaired) electrons. The van der Waals surface area contributed by atoms with Gasteiger partial charge in [0.2, 0.25) is 0 Å². The average Bonchev–Trinajstić information content (AvgIpc) is 3.16. The van der Waals surface area contributed by atoms with Gasteiger partial charge in [-0.2, -0.15) is 0 Å². The van der Waals surface area contributed by atoms with Crippen molar-refractivity contribution < 1.29 is 0 Å². The van der Waals surface area contributed by atoms with Gasteiger partial charge in [0, 0.05) is 11.3 Å². The number of nitrogens with zero attached hydrogens (tertiary/aromatic N) is 1. The highest BCUT2D eigenvalue weighted by molar-refractivity contribution is 5.84. The van der Waals surface area contributed by atoms with E-state index in [9.17, 15) is 0 Å². The van der Waals surface area contributed by atoms with Gasteiger partial charge in [-0.3, -0.25) is 5.32 Å². The van der Waals surface area contributed by atoms with E-state index in [1.54, 1.807) is 5.57 Å². The van der Waals surface area contributed by atoms with Gasteiger partial charge in [0.25, 0.3) is 0 Å². The van der Waals surface area contributed by atoms with Crippen LogP contribution in [0, 0.1) is 5.92 Å². The minimum atomic E-state index is 0.779. The van der Waals surface area contributed by atoms with Crippen molar-refractivity contribution in [3.05, 3.63) is 35.5 Å². The highest BCUT2D eigenvalue weighted by atomic mass is 14.9. The van der Waals surface area contributed by atoms with E-state index in [4.69, 9.17) is 5.32 Å². The van der Waals surface area contributed by atoms with Crippen LogP contribution in [0.2, 0.25) is 0 Å². The van der Waals surface area contributed by atoms with E-state index in [1.807, 2.05) is 0 Å². The zero-order valence-corrected chi connectivity index (χ0v) is 15.5. The fraction of sp³-hybridized carbons (Fsp3) is 0.652. The molecule has 1 aromatic rings. The second kappa shape index (κ2) is 9.30. The number of hydrogen-bond acceptors (Lipinski definition) is 0. The Kier molecular flexibility index (Phi) is 6.81. The Hall–Kier alpha value is -1.24. The number of benzene rings is 1. The molecule has 0 saturated heterocycles. The molecule has 0 N–H and O–H groups in total. The number of unbranched alkanes of at least 4 members (excludes halogenated alkanes) is 9. The predicted molar refractivity (Wildman–Crippen MR) is 104 cm³/mol. The van der Waals surface area contributed by atoms with Gasteiger partial charge in [-0.15, -0.1) is 0 Å². The van der Waals surface area contributed by atoms with E-state index in [0.29, 0.717) is 0 Å². The van der Waals surface area contributed by atoms with Gasteiger partial charge in [-0.25, -0.2) is 0 Å². The summed E-state index contributed by atoms with van der Waals surface area (Å²) in [6, 6.07) is 8.73. The molecule has 0 fully saturated rings. The zero-order chi connectivity index (χ0) is 16.6. The standard InChI is InChI=1S/C23H34N/c1-2-3-4-5-6-7-8-9-10-11-14-19-17-18-22-23(19)20-15-12-13-16-21(20)24-22/h12-13,15-16,19H,2-11,14,17-18H2,1H3. The molecule has 3 rings (SSSR count). The lowest BCUT2D eigenvalue weighted by atomic mass is 9.90. The van der Waals surface area contributed by atoms with Crippen LogP contribution < -0.4 is 5.32 Å². The monoisotopic (exact) mass is 324 g/mol. The van der Waals surface area contributed by atoms with Crippen molar-refractivity contribution in [2.45, 2.75) is 90.4 Å². The highest BCUT2D eigenvalue weighted by Gasteiger charge is 2.33. The number of rotatable bonds is 11. The van der Waals surface area contributed by atoms with E-state index in [-0.39, 0.29) is 0 Å². The van der Waals surface area contributed by atoms with Crippen LogP contribution in [0.4, 0.5) is 5.69 Å². The molecule has 0 bridgehead atoms. The van der Waals surface area contributed by atoms with Crippen LogP contribution in [0.3, 0.4) is 0 Å². The molecule has 1 heterocycles. The van der Waals surface area contributed by atoms with Gasteiger partial charge in [0.05, 0.1) is 5.69 Å². The van der Waals surface area contributed by atoms with E-state index in [1.165, 1.54) is 100 Å². The fourth-order valence-electron chi connectivity index (χ4n) is 4.43. The topological polar surface area (TPSA) is 14.1 Å². The summed E-state index contributed by atoms with van der Waals surface area (Å²) >= 11 is 0. The van der Waals surface area contributed by atoms with Gasteiger partial charge >= 0.3 is 0 Å². The molecular formula is C23H34N. The Morgan fingerprint density at radius 2 is 1.54 bits per heavy atom. The molecule has 1 aromatic carbocycles. The van der Waals surface area contributed by atoms with Crippen LogP contribution in [-0.2, 0) is 0 Å². The summed E-state index contributed by atoms with van der Waals surface area (Å²) in [7, 11) is 0. The molecule has 0 saturated carbocycles. The first-order chi connectivity index (χ1) is 11.9. The van der Waals surface area contributed by atoms with Crippen molar-refractivity contribution in [1.82, 2.24) is 5.32 Å². The molecule has 1 atom stereocenters. The Morgan fingerprint density at radius 1 is 0.875 bits per heavy atom. The fourth-order valence-corrected chi connectivity index (χ4v) is 4.43. The molecule has 131 valence electrons. The maximum Gasteiger partial charge on any atom is 0.0708 e. The van der Waals surface area contributed by atoms with E-state index >= 15 is 0 Å². The zero-order valence-electron chi connectivity index (χ0n) is 15.5. The van der Waals surface area contributed by atoms with Crippen molar-refractivity contribution in [2.24, 2.45) is 5.92 Å². The first-order valence-electron chi connectivity index (χ1n) is 10.4. The van der Waals surface area contributed by atoms with Crippen LogP contribution in [-0.4, -0.2) is 0 Å². The molecule has 1 aliphatic heterocycles. The maximum absolute atomic E-state index is 4.84. The average molecular weight is 325 g/mol. The summed E-state index contributed by atoms with van der Waals surface area (Å²) < 4.78 is 0. The lowest BCUT2D eigenvalue weighted by Gasteiger charge is -2.14. The third-order valence-corrected chi connectivity index (χ3v) is 5.80. The molecule has 1 aliphatic carbocycles. The lowest BCUT2D eigenvalue weighted by Crippen LogP contribution is -1.99. The van der Waals surface area contributed by atoms with Crippen molar-refractivity contribution in [2.75, 3.05) is 0 Å². The van der Waals surface area contributed by atoms with Crippen LogP contribution in [0.15, 0.2) is 30.0 Å².